The summed E-state index contributed by atoms with van der Waals surface area (Å²) in [6.45, 7) is 0.462. The van der Waals surface area contributed by atoms with Crippen molar-refractivity contribution in [3.63, 3.8) is 0 Å². The van der Waals surface area contributed by atoms with E-state index in [1.807, 2.05) is 0 Å². The topological polar surface area (TPSA) is 33.2 Å². The van der Waals surface area contributed by atoms with E-state index in [9.17, 15) is 4.79 Å². The Kier molecular flexibility index (Phi) is 3.04. The molecule has 1 amide bonds. The minimum absolute atomic E-state index is 0.0559. The van der Waals surface area contributed by atoms with Gasteiger partial charge in [0.05, 0.1) is 10.0 Å². The first-order valence-electron chi connectivity index (χ1n) is 4.69. The van der Waals surface area contributed by atoms with Crippen LogP contribution in [0, 0.1) is 18.3 Å². The van der Waals surface area contributed by atoms with E-state index in [4.69, 9.17) is 29.6 Å². The van der Waals surface area contributed by atoms with Gasteiger partial charge < -0.3 is 0 Å². The van der Waals surface area contributed by atoms with Crippen LogP contribution in [0.3, 0.4) is 0 Å². The molecule has 1 atom stereocenters. The van der Waals surface area contributed by atoms with Crippen molar-refractivity contribution >= 4 is 34.9 Å². The summed E-state index contributed by atoms with van der Waals surface area (Å²) in [6, 6.07) is 1.56. The minimum atomic E-state index is -0.0685. The maximum atomic E-state index is 11.7. The molecule has 16 heavy (non-hydrogen) atoms. The molecule has 3 nitrogen and oxygen atoms in total. The van der Waals surface area contributed by atoms with Crippen LogP contribution in [0.1, 0.15) is 6.42 Å². The second-order valence-corrected chi connectivity index (χ2v) is 4.37. The number of hydrogen-bond donors (Lipinski definition) is 0. The largest absolute Gasteiger partial charge is 0.294 e. The van der Waals surface area contributed by atoms with E-state index in [1.54, 1.807) is 6.07 Å². The van der Waals surface area contributed by atoms with E-state index < -0.39 is 0 Å². The van der Waals surface area contributed by atoms with Gasteiger partial charge in [0.15, 0.2) is 5.82 Å². The summed E-state index contributed by atoms with van der Waals surface area (Å²) in [5, 5.41) is 0.799. The first-order valence-corrected chi connectivity index (χ1v) is 5.45. The van der Waals surface area contributed by atoms with Crippen LogP contribution in [0.15, 0.2) is 12.3 Å². The van der Waals surface area contributed by atoms with Gasteiger partial charge in [-0.25, -0.2) is 4.98 Å². The smallest absolute Gasteiger partial charge is 0.229 e. The molecular weight excluding hydrogens is 247 g/mol. The molecule has 2 rings (SSSR count). The lowest BCUT2D eigenvalue weighted by atomic mass is 10.1. The predicted molar refractivity (Wildman–Crippen MR) is 63.6 cm³/mol. The molecule has 0 bridgehead atoms. The zero-order valence-corrected chi connectivity index (χ0v) is 9.79. The molecule has 82 valence electrons. The number of anilines is 1. The van der Waals surface area contributed by atoms with Crippen molar-refractivity contribution in [3.8, 4) is 12.3 Å². The summed E-state index contributed by atoms with van der Waals surface area (Å²) in [5.41, 5.74) is 0. The molecule has 1 aliphatic heterocycles. The van der Waals surface area contributed by atoms with Crippen molar-refractivity contribution in [2.45, 2.75) is 6.42 Å². The van der Waals surface area contributed by atoms with Gasteiger partial charge in [-0.15, -0.1) is 12.3 Å². The van der Waals surface area contributed by atoms with Crippen LogP contribution in [-0.4, -0.2) is 17.4 Å². The Morgan fingerprint density at radius 2 is 2.31 bits per heavy atom. The zero-order valence-electron chi connectivity index (χ0n) is 8.28. The SMILES string of the molecule is C#CC1CC(=O)N(c2ncc(Cl)cc2Cl)C1. The third-order valence-electron chi connectivity index (χ3n) is 2.40. The first-order chi connectivity index (χ1) is 7.61. The minimum Gasteiger partial charge on any atom is -0.294 e. The molecule has 0 radical (unpaired) electrons. The van der Waals surface area contributed by atoms with Crippen LogP contribution < -0.4 is 4.90 Å². The number of rotatable bonds is 1. The highest BCUT2D eigenvalue weighted by molar-refractivity contribution is 6.36. The molecule has 2 heterocycles. The standard InChI is InChI=1S/C11H8Cl2N2O/c1-2-7-3-10(16)15(6-7)11-9(13)4-8(12)5-14-11/h1,4-5,7H,3,6H2. The summed E-state index contributed by atoms with van der Waals surface area (Å²) in [7, 11) is 0. The number of halogens is 2. The Hall–Kier alpha value is -1.24. The average Bonchev–Trinajstić information content (AvgIpc) is 2.60. The van der Waals surface area contributed by atoms with Gasteiger partial charge in [-0.3, -0.25) is 9.69 Å². The van der Waals surface area contributed by atoms with Crippen LogP contribution >= 0.6 is 23.2 Å². The summed E-state index contributed by atoms with van der Waals surface area (Å²) >= 11 is 11.7. The van der Waals surface area contributed by atoms with Crippen molar-refractivity contribution in [2.75, 3.05) is 11.4 Å². The second kappa shape index (κ2) is 4.32. The number of nitrogens with zero attached hydrogens (tertiary/aromatic N) is 2. The van der Waals surface area contributed by atoms with Crippen molar-refractivity contribution < 1.29 is 4.79 Å². The van der Waals surface area contributed by atoms with E-state index in [2.05, 4.69) is 10.9 Å². The highest BCUT2D eigenvalue weighted by atomic mass is 35.5. The third kappa shape index (κ3) is 1.99. The fraction of sp³-hybridized carbons (Fsp3) is 0.273. The molecule has 0 aliphatic carbocycles. The lowest BCUT2D eigenvalue weighted by Gasteiger charge is -2.15. The predicted octanol–water partition coefficient (Wildman–Crippen LogP) is 2.37. The van der Waals surface area contributed by atoms with E-state index in [0.717, 1.165) is 0 Å². The number of carbonyl (C=O) groups is 1. The Morgan fingerprint density at radius 1 is 1.56 bits per heavy atom. The Bertz CT molecular complexity index is 481. The number of pyridine rings is 1. The Morgan fingerprint density at radius 3 is 2.88 bits per heavy atom. The van der Waals surface area contributed by atoms with Gasteiger partial charge in [0.1, 0.15) is 0 Å². The normalized spacial score (nSPS) is 19.9. The van der Waals surface area contributed by atoms with E-state index in [-0.39, 0.29) is 11.8 Å². The van der Waals surface area contributed by atoms with Crippen LogP contribution in [0.5, 0.6) is 0 Å². The average molecular weight is 255 g/mol. The number of amides is 1. The molecule has 1 aromatic heterocycles. The second-order valence-electron chi connectivity index (χ2n) is 3.53. The van der Waals surface area contributed by atoms with Gasteiger partial charge in [0, 0.05) is 25.1 Å². The molecule has 0 N–H and O–H groups in total. The fourth-order valence-corrected chi connectivity index (χ4v) is 2.11. The number of terminal acetylenes is 1. The van der Waals surface area contributed by atoms with E-state index in [1.165, 1.54) is 11.1 Å². The van der Waals surface area contributed by atoms with Crippen molar-refractivity contribution in [2.24, 2.45) is 5.92 Å². The van der Waals surface area contributed by atoms with Crippen LogP contribution in [0.25, 0.3) is 0 Å². The molecule has 0 saturated carbocycles. The van der Waals surface area contributed by atoms with Crippen LogP contribution in [0.4, 0.5) is 5.82 Å². The molecule has 1 unspecified atom stereocenters. The monoisotopic (exact) mass is 254 g/mol. The van der Waals surface area contributed by atoms with Crippen LogP contribution in [-0.2, 0) is 4.79 Å². The molecule has 5 heteroatoms. The summed E-state index contributed by atoms with van der Waals surface area (Å²) in [4.78, 5) is 17.2. The maximum absolute atomic E-state index is 11.7. The molecule has 1 fully saturated rings. The van der Waals surface area contributed by atoms with Crippen molar-refractivity contribution in [1.82, 2.24) is 4.98 Å². The molecule has 1 aromatic rings. The van der Waals surface area contributed by atoms with Crippen molar-refractivity contribution in [3.05, 3.63) is 22.3 Å². The Balaban J connectivity index is 2.32. The highest BCUT2D eigenvalue weighted by Crippen LogP contribution is 2.30. The fourth-order valence-electron chi connectivity index (χ4n) is 1.63. The lowest BCUT2D eigenvalue weighted by Crippen LogP contribution is -2.25. The first kappa shape index (κ1) is 11.3. The number of aromatic nitrogens is 1. The summed E-state index contributed by atoms with van der Waals surface area (Å²) in [6.07, 6.45) is 7.10. The molecule has 0 spiro atoms. The van der Waals surface area contributed by atoms with E-state index in [0.29, 0.717) is 28.8 Å². The van der Waals surface area contributed by atoms with Gasteiger partial charge in [-0.2, -0.15) is 0 Å². The van der Waals surface area contributed by atoms with Gasteiger partial charge in [0.25, 0.3) is 0 Å². The lowest BCUT2D eigenvalue weighted by molar-refractivity contribution is -0.117. The van der Waals surface area contributed by atoms with Crippen LogP contribution in [0.2, 0.25) is 10.0 Å². The number of hydrogen-bond acceptors (Lipinski definition) is 2. The Labute approximate surface area is 103 Å². The molecular formula is C11H8Cl2N2O. The summed E-state index contributed by atoms with van der Waals surface area (Å²) < 4.78 is 0. The third-order valence-corrected chi connectivity index (χ3v) is 2.89. The highest BCUT2D eigenvalue weighted by Gasteiger charge is 2.31. The van der Waals surface area contributed by atoms with Gasteiger partial charge >= 0.3 is 0 Å². The maximum Gasteiger partial charge on any atom is 0.229 e. The van der Waals surface area contributed by atoms with Gasteiger partial charge in [-0.1, -0.05) is 23.2 Å². The summed E-state index contributed by atoms with van der Waals surface area (Å²) in [5.74, 6) is 2.87. The van der Waals surface area contributed by atoms with Gasteiger partial charge in [-0.05, 0) is 6.07 Å². The van der Waals surface area contributed by atoms with E-state index >= 15 is 0 Å². The molecule has 1 aliphatic rings. The quantitative estimate of drug-likeness (QED) is 0.722. The molecule has 0 aromatic carbocycles. The van der Waals surface area contributed by atoms with Gasteiger partial charge in [0.2, 0.25) is 5.91 Å². The molecule has 1 saturated heterocycles. The zero-order chi connectivity index (χ0) is 11.7. The van der Waals surface area contributed by atoms with Crippen molar-refractivity contribution in [1.29, 1.82) is 0 Å². The number of carbonyl (C=O) groups excluding carboxylic acids is 1.